The maximum absolute atomic E-state index is 14.3. The molecule has 1 aliphatic carbocycles. The van der Waals surface area contributed by atoms with Crippen molar-refractivity contribution in [3.05, 3.63) is 36.0 Å². The zero-order chi connectivity index (χ0) is 13.1. The zero-order valence-electron chi connectivity index (χ0n) is 10.4. The van der Waals surface area contributed by atoms with Gasteiger partial charge in [-0.25, -0.2) is 13.2 Å². The SMILES string of the molecule is C=C/C(C)=C\C(=C/CF)C(F)(F)C1(C)CCC1. The second kappa shape index (κ2) is 5.11. The average Bonchev–Trinajstić information content (AvgIpc) is 2.24. The third-order valence-corrected chi connectivity index (χ3v) is 3.58. The lowest BCUT2D eigenvalue weighted by atomic mass is 9.64. The number of alkyl halides is 3. The highest BCUT2D eigenvalue weighted by Crippen LogP contribution is 2.55. The Morgan fingerprint density at radius 1 is 1.41 bits per heavy atom. The van der Waals surface area contributed by atoms with Crippen LogP contribution >= 0.6 is 0 Å². The summed E-state index contributed by atoms with van der Waals surface area (Å²) in [5.74, 6) is -2.97. The van der Waals surface area contributed by atoms with Crippen LogP contribution in [0, 0.1) is 5.41 Å². The first kappa shape index (κ1) is 14.1. The second-order valence-electron chi connectivity index (χ2n) is 4.89. The van der Waals surface area contributed by atoms with Crippen molar-refractivity contribution in [2.24, 2.45) is 5.41 Å². The lowest BCUT2D eigenvalue weighted by Crippen LogP contribution is -2.45. The van der Waals surface area contributed by atoms with Crippen molar-refractivity contribution in [3.63, 3.8) is 0 Å². The highest BCUT2D eigenvalue weighted by Gasteiger charge is 2.54. The molecule has 0 aromatic heterocycles. The summed E-state index contributed by atoms with van der Waals surface area (Å²) in [5.41, 5.74) is -0.627. The predicted molar refractivity (Wildman–Crippen MR) is 64.9 cm³/mol. The molecule has 1 rings (SSSR count). The van der Waals surface area contributed by atoms with Gasteiger partial charge in [-0.2, -0.15) is 0 Å². The summed E-state index contributed by atoms with van der Waals surface area (Å²) in [6.45, 7) is 5.89. The van der Waals surface area contributed by atoms with E-state index < -0.39 is 18.0 Å². The number of hydrogen-bond donors (Lipinski definition) is 0. The molecule has 3 heteroatoms. The van der Waals surface area contributed by atoms with Gasteiger partial charge in [0.05, 0.1) is 0 Å². The molecule has 0 amide bonds. The number of rotatable bonds is 5. The molecule has 0 atom stereocenters. The smallest absolute Gasteiger partial charge is 0.247 e. The molecule has 0 nitrogen and oxygen atoms in total. The largest absolute Gasteiger partial charge is 0.278 e. The Morgan fingerprint density at radius 2 is 2.00 bits per heavy atom. The zero-order valence-corrected chi connectivity index (χ0v) is 10.4. The van der Waals surface area contributed by atoms with Gasteiger partial charge in [-0.15, -0.1) is 0 Å². The highest BCUT2D eigenvalue weighted by atomic mass is 19.3. The van der Waals surface area contributed by atoms with Crippen molar-refractivity contribution < 1.29 is 13.2 Å². The molecular formula is C14H19F3. The van der Waals surface area contributed by atoms with Crippen molar-refractivity contribution in [2.75, 3.05) is 6.67 Å². The van der Waals surface area contributed by atoms with Crippen LogP contribution in [0.5, 0.6) is 0 Å². The van der Waals surface area contributed by atoms with Crippen molar-refractivity contribution in [1.82, 2.24) is 0 Å². The Kier molecular flexibility index (Phi) is 4.23. The van der Waals surface area contributed by atoms with Crippen LogP contribution in [0.2, 0.25) is 0 Å². The van der Waals surface area contributed by atoms with Crippen LogP contribution in [-0.4, -0.2) is 12.6 Å². The average molecular weight is 244 g/mol. The molecule has 0 unspecified atom stereocenters. The maximum Gasteiger partial charge on any atom is 0.278 e. The summed E-state index contributed by atoms with van der Waals surface area (Å²) in [5, 5.41) is 0. The Hall–Kier alpha value is -0.990. The molecule has 1 aliphatic rings. The van der Waals surface area contributed by atoms with E-state index in [0.717, 1.165) is 12.5 Å². The molecule has 17 heavy (non-hydrogen) atoms. The monoisotopic (exact) mass is 244 g/mol. The van der Waals surface area contributed by atoms with Crippen molar-refractivity contribution in [3.8, 4) is 0 Å². The highest BCUT2D eigenvalue weighted by molar-refractivity contribution is 5.35. The molecule has 1 fully saturated rings. The molecule has 0 radical (unpaired) electrons. The fraction of sp³-hybridized carbons (Fsp3) is 0.571. The fourth-order valence-electron chi connectivity index (χ4n) is 2.03. The molecule has 0 aliphatic heterocycles. The van der Waals surface area contributed by atoms with Gasteiger partial charge < -0.3 is 0 Å². The van der Waals surface area contributed by atoms with Crippen molar-refractivity contribution in [1.29, 1.82) is 0 Å². The molecule has 0 heterocycles. The van der Waals surface area contributed by atoms with Gasteiger partial charge in [-0.1, -0.05) is 37.6 Å². The first-order chi connectivity index (χ1) is 7.87. The standard InChI is InChI=1S/C14H19F3/c1-4-11(2)10-12(6-9-15)14(16,17)13(3)7-5-8-13/h4,6,10H,1,5,7-9H2,2-3H3/b11-10-,12-6+. The summed E-state index contributed by atoms with van der Waals surface area (Å²) in [6, 6.07) is 0. The van der Waals surface area contributed by atoms with Crippen LogP contribution in [0.4, 0.5) is 13.2 Å². The van der Waals surface area contributed by atoms with Gasteiger partial charge in [0.25, 0.3) is 5.92 Å². The Bertz CT molecular complexity index is 346. The first-order valence-electron chi connectivity index (χ1n) is 5.82. The number of hydrogen-bond acceptors (Lipinski definition) is 0. The van der Waals surface area contributed by atoms with Crippen LogP contribution < -0.4 is 0 Å². The quantitative estimate of drug-likeness (QED) is 0.607. The molecule has 0 saturated heterocycles. The Balaban J connectivity index is 3.06. The Morgan fingerprint density at radius 3 is 2.35 bits per heavy atom. The third-order valence-electron chi connectivity index (χ3n) is 3.58. The van der Waals surface area contributed by atoms with E-state index >= 15 is 0 Å². The summed E-state index contributed by atoms with van der Waals surface area (Å²) in [7, 11) is 0. The first-order valence-corrected chi connectivity index (χ1v) is 5.82. The number of halogens is 3. The second-order valence-corrected chi connectivity index (χ2v) is 4.89. The predicted octanol–water partition coefficient (Wildman–Crippen LogP) is 4.84. The fourth-order valence-corrected chi connectivity index (χ4v) is 2.03. The van der Waals surface area contributed by atoms with Gasteiger partial charge >= 0.3 is 0 Å². The van der Waals surface area contributed by atoms with Gasteiger partial charge in [0.15, 0.2) is 0 Å². The molecule has 0 aromatic rings. The van der Waals surface area contributed by atoms with Gasteiger partial charge in [0, 0.05) is 11.0 Å². The summed E-state index contributed by atoms with van der Waals surface area (Å²) in [6.07, 6.45) is 5.59. The van der Waals surface area contributed by atoms with E-state index in [0.29, 0.717) is 18.4 Å². The van der Waals surface area contributed by atoms with Crippen molar-refractivity contribution >= 4 is 0 Å². The van der Waals surface area contributed by atoms with E-state index in [4.69, 9.17) is 0 Å². The molecule has 96 valence electrons. The van der Waals surface area contributed by atoms with Crippen LogP contribution in [0.1, 0.15) is 33.1 Å². The minimum absolute atomic E-state index is 0.223. The van der Waals surface area contributed by atoms with E-state index in [1.165, 1.54) is 12.2 Å². The van der Waals surface area contributed by atoms with E-state index in [-0.39, 0.29) is 5.57 Å². The van der Waals surface area contributed by atoms with Crippen molar-refractivity contribution in [2.45, 2.75) is 39.0 Å². The lowest BCUT2D eigenvalue weighted by Gasteiger charge is -2.45. The summed E-state index contributed by atoms with van der Waals surface area (Å²) in [4.78, 5) is 0. The van der Waals surface area contributed by atoms with E-state index in [2.05, 4.69) is 6.58 Å². The lowest BCUT2D eigenvalue weighted by molar-refractivity contribution is -0.119. The van der Waals surface area contributed by atoms with Gasteiger partial charge in [0.1, 0.15) is 6.67 Å². The molecular weight excluding hydrogens is 225 g/mol. The topological polar surface area (TPSA) is 0 Å². The van der Waals surface area contributed by atoms with E-state index in [1.807, 2.05) is 0 Å². The molecule has 0 spiro atoms. The maximum atomic E-state index is 14.3. The normalized spacial score (nSPS) is 21.0. The molecule has 1 saturated carbocycles. The van der Waals surface area contributed by atoms with Gasteiger partial charge in [-0.05, 0) is 25.8 Å². The van der Waals surface area contributed by atoms with Gasteiger partial charge in [-0.3, -0.25) is 0 Å². The van der Waals surface area contributed by atoms with E-state index in [9.17, 15) is 13.2 Å². The molecule has 0 aromatic carbocycles. The van der Waals surface area contributed by atoms with E-state index in [1.54, 1.807) is 13.8 Å². The summed E-state index contributed by atoms with van der Waals surface area (Å²) >= 11 is 0. The third kappa shape index (κ3) is 2.64. The van der Waals surface area contributed by atoms with Gasteiger partial charge in [0.2, 0.25) is 0 Å². The molecule has 0 N–H and O–H groups in total. The Labute approximate surface area is 101 Å². The molecule has 0 bridgehead atoms. The van der Waals surface area contributed by atoms with Crippen LogP contribution in [-0.2, 0) is 0 Å². The van der Waals surface area contributed by atoms with Crippen LogP contribution in [0.15, 0.2) is 36.0 Å². The van der Waals surface area contributed by atoms with Crippen LogP contribution in [0.3, 0.4) is 0 Å². The minimum atomic E-state index is -2.97. The van der Waals surface area contributed by atoms with Crippen LogP contribution in [0.25, 0.3) is 0 Å². The summed E-state index contributed by atoms with van der Waals surface area (Å²) < 4.78 is 40.9. The minimum Gasteiger partial charge on any atom is -0.247 e. The number of allylic oxidation sites excluding steroid dienone is 5.